The molecule has 1 atom stereocenters. The third kappa shape index (κ3) is 2.10. The molecule has 2 aliphatic rings. The quantitative estimate of drug-likeness (QED) is 0.628. The van der Waals surface area contributed by atoms with E-state index in [4.69, 9.17) is 4.74 Å². The first kappa shape index (κ1) is 11.5. The lowest BCUT2D eigenvalue weighted by atomic mass is 10.2. The summed E-state index contributed by atoms with van der Waals surface area (Å²) in [6.45, 7) is 5.35. The van der Waals surface area contributed by atoms with Gasteiger partial charge in [-0.3, -0.25) is 19.4 Å². The minimum Gasteiger partial charge on any atom is -0.379 e. The van der Waals surface area contributed by atoms with Crippen LogP contribution in [0.1, 0.15) is 19.8 Å². The highest BCUT2D eigenvalue weighted by atomic mass is 16.5. The van der Waals surface area contributed by atoms with Crippen LogP contribution in [-0.4, -0.2) is 60.5 Å². The molecule has 0 aromatic rings. The maximum absolute atomic E-state index is 12.0. The first-order chi connectivity index (χ1) is 7.74. The molecule has 0 bridgehead atoms. The van der Waals surface area contributed by atoms with E-state index in [1.54, 1.807) is 0 Å². The van der Waals surface area contributed by atoms with Crippen molar-refractivity contribution < 1.29 is 14.3 Å². The normalized spacial score (nSPS) is 27.8. The molecule has 2 heterocycles. The summed E-state index contributed by atoms with van der Waals surface area (Å²) in [4.78, 5) is 27.2. The van der Waals surface area contributed by atoms with E-state index in [-0.39, 0.29) is 17.9 Å². The van der Waals surface area contributed by atoms with Crippen molar-refractivity contribution in [1.82, 2.24) is 9.80 Å². The highest BCUT2D eigenvalue weighted by Gasteiger charge is 2.41. The highest BCUT2D eigenvalue weighted by molar-refractivity contribution is 6.05. The topological polar surface area (TPSA) is 49.9 Å². The van der Waals surface area contributed by atoms with E-state index in [0.29, 0.717) is 26.2 Å². The number of rotatable bonds is 3. The zero-order chi connectivity index (χ0) is 11.5. The van der Waals surface area contributed by atoms with Gasteiger partial charge in [-0.15, -0.1) is 0 Å². The largest absolute Gasteiger partial charge is 0.379 e. The lowest BCUT2D eigenvalue weighted by molar-refractivity contribution is -0.140. The second-order valence-electron chi connectivity index (χ2n) is 4.25. The number of hydrogen-bond acceptors (Lipinski definition) is 4. The van der Waals surface area contributed by atoms with Crippen molar-refractivity contribution in [3.63, 3.8) is 0 Å². The van der Waals surface area contributed by atoms with E-state index in [1.165, 1.54) is 4.90 Å². The molecule has 5 nitrogen and oxygen atoms in total. The van der Waals surface area contributed by atoms with Crippen LogP contribution in [0.25, 0.3) is 0 Å². The van der Waals surface area contributed by atoms with E-state index in [2.05, 4.69) is 4.90 Å². The van der Waals surface area contributed by atoms with Crippen LogP contribution in [0, 0.1) is 0 Å². The van der Waals surface area contributed by atoms with Gasteiger partial charge in [0.25, 0.3) is 0 Å². The third-order valence-electron chi connectivity index (χ3n) is 3.15. The van der Waals surface area contributed by atoms with Gasteiger partial charge in [0.15, 0.2) is 0 Å². The van der Waals surface area contributed by atoms with Gasteiger partial charge in [0, 0.05) is 19.6 Å². The zero-order valence-electron chi connectivity index (χ0n) is 9.65. The summed E-state index contributed by atoms with van der Waals surface area (Å²) < 4.78 is 5.24. The van der Waals surface area contributed by atoms with Crippen LogP contribution >= 0.6 is 0 Å². The third-order valence-corrected chi connectivity index (χ3v) is 3.15. The molecule has 0 aliphatic carbocycles. The van der Waals surface area contributed by atoms with Crippen molar-refractivity contribution >= 4 is 11.8 Å². The summed E-state index contributed by atoms with van der Waals surface area (Å²) in [5.74, 6) is -0.0444. The molecule has 0 radical (unpaired) electrons. The summed E-state index contributed by atoms with van der Waals surface area (Å²) in [5, 5.41) is 0. The number of carbonyl (C=O) groups is 2. The summed E-state index contributed by atoms with van der Waals surface area (Å²) in [6.07, 6.45) is 1.17. The zero-order valence-corrected chi connectivity index (χ0v) is 9.65. The molecule has 2 rings (SSSR count). The van der Waals surface area contributed by atoms with Crippen molar-refractivity contribution in [3.05, 3.63) is 0 Å². The van der Waals surface area contributed by atoms with Crippen LogP contribution in [0.3, 0.4) is 0 Å². The van der Waals surface area contributed by atoms with Gasteiger partial charge < -0.3 is 4.74 Å². The number of morpholine rings is 1. The van der Waals surface area contributed by atoms with Gasteiger partial charge in [0.1, 0.15) is 0 Å². The molecule has 2 saturated heterocycles. The van der Waals surface area contributed by atoms with E-state index in [0.717, 1.165) is 19.5 Å². The monoisotopic (exact) mass is 226 g/mol. The summed E-state index contributed by atoms with van der Waals surface area (Å²) in [5.41, 5.74) is 0. The maximum atomic E-state index is 12.0. The number of ether oxygens (including phenoxy) is 1. The second-order valence-corrected chi connectivity index (χ2v) is 4.25. The van der Waals surface area contributed by atoms with E-state index >= 15 is 0 Å². The number of likely N-dealkylation sites (tertiary alicyclic amines) is 1. The highest BCUT2D eigenvalue weighted by Crippen LogP contribution is 2.19. The van der Waals surface area contributed by atoms with Crippen molar-refractivity contribution in [3.8, 4) is 0 Å². The Kier molecular flexibility index (Phi) is 3.56. The van der Waals surface area contributed by atoms with Gasteiger partial charge >= 0.3 is 0 Å². The molecular formula is C11H18N2O3. The van der Waals surface area contributed by atoms with Gasteiger partial charge in [-0.05, 0) is 6.42 Å². The molecular weight excluding hydrogens is 208 g/mol. The van der Waals surface area contributed by atoms with Crippen LogP contribution in [-0.2, 0) is 14.3 Å². The van der Waals surface area contributed by atoms with Crippen molar-refractivity contribution in [2.75, 3.05) is 32.8 Å². The molecule has 16 heavy (non-hydrogen) atoms. The lowest BCUT2D eigenvalue weighted by Gasteiger charge is -2.30. The molecule has 5 heteroatoms. The van der Waals surface area contributed by atoms with Crippen molar-refractivity contribution in [1.29, 1.82) is 0 Å². The van der Waals surface area contributed by atoms with Gasteiger partial charge in [-0.25, -0.2) is 0 Å². The Hall–Kier alpha value is -0.940. The number of carbonyl (C=O) groups excluding carboxylic acids is 2. The Morgan fingerprint density at radius 3 is 2.62 bits per heavy atom. The number of amides is 2. The Morgan fingerprint density at radius 1 is 1.31 bits per heavy atom. The average Bonchev–Trinajstić information content (AvgIpc) is 2.59. The lowest BCUT2D eigenvalue weighted by Crippen LogP contribution is -2.47. The fraction of sp³-hybridized carbons (Fsp3) is 0.818. The summed E-state index contributed by atoms with van der Waals surface area (Å²) in [7, 11) is 0. The summed E-state index contributed by atoms with van der Waals surface area (Å²) >= 11 is 0. The van der Waals surface area contributed by atoms with Crippen LogP contribution in [0.5, 0.6) is 0 Å². The van der Waals surface area contributed by atoms with Crippen molar-refractivity contribution in [2.24, 2.45) is 0 Å². The fourth-order valence-corrected chi connectivity index (χ4v) is 2.30. The molecule has 0 aromatic carbocycles. The number of imide groups is 1. The minimum atomic E-state index is -0.233. The van der Waals surface area contributed by atoms with Crippen LogP contribution in [0.4, 0.5) is 0 Å². The second kappa shape index (κ2) is 4.93. The SMILES string of the molecule is CCCN1C(=O)CC(N2CCOCC2)C1=O. The van der Waals surface area contributed by atoms with Crippen LogP contribution in [0.2, 0.25) is 0 Å². The molecule has 0 saturated carbocycles. The molecule has 2 fully saturated rings. The molecule has 0 aromatic heterocycles. The Morgan fingerprint density at radius 2 is 2.00 bits per heavy atom. The number of nitrogens with zero attached hydrogens (tertiary/aromatic N) is 2. The Labute approximate surface area is 95.3 Å². The smallest absolute Gasteiger partial charge is 0.247 e. The summed E-state index contributed by atoms with van der Waals surface area (Å²) in [6, 6.07) is -0.233. The van der Waals surface area contributed by atoms with E-state index in [9.17, 15) is 9.59 Å². The standard InChI is InChI=1S/C11H18N2O3/c1-2-3-13-10(14)8-9(11(13)15)12-4-6-16-7-5-12/h9H,2-8H2,1H3. The molecule has 90 valence electrons. The Balaban J connectivity index is 2.01. The van der Waals surface area contributed by atoms with E-state index < -0.39 is 0 Å². The van der Waals surface area contributed by atoms with Gasteiger partial charge in [0.2, 0.25) is 11.8 Å². The van der Waals surface area contributed by atoms with Crippen LogP contribution < -0.4 is 0 Å². The first-order valence-corrected chi connectivity index (χ1v) is 5.90. The molecule has 1 unspecified atom stereocenters. The van der Waals surface area contributed by atoms with Crippen LogP contribution in [0.15, 0.2) is 0 Å². The molecule has 2 amide bonds. The van der Waals surface area contributed by atoms with Gasteiger partial charge in [-0.1, -0.05) is 6.92 Å². The van der Waals surface area contributed by atoms with Crippen molar-refractivity contribution in [2.45, 2.75) is 25.8 Å². The van der Waals surface area contributed by atoms with E-state index in [1.807, 2.05) is 6.92 Å². The fourth-order valence-electron chi connectivity index (χ4n) is 2.30. The predicted octanol–water partition coefficient (Wildman–Crippen LogP) is -0.144. The maximum Gasteiger partial charge on any atom is 0.247 e. The molecule has 0 spiro atoms. The molecule has 0 N–H and O–H groups in total. The average molecular weight is 226 g/mol. The number of hydrogen-bond donors (Lipinski definition) is 0. The first-order valence-electron chi connectivity index (χ1n) is 5.90. The van der Waals surface area contributed by atoms with Gasteiger partial charge in [-0.2, -0.15) is 0 Å². The minimum absolute atomic E-state index is 0.0197. The molecule has 2 aliphatic heterocycles. The van der Waals surface area contributed by atoms with Gasteiger partial charge in [0.05, 0.1) is 25.7 Å². The predicted molar refractivity (Wildman–Crippen MR) is 57.8 cm³/mol. The Bertz CT molecular complexity index is 287.